The summed E-state index contributed by atoms with van der Waals surface area (Å²) in [5.74, 6) is -0.492. The highest BCUT2D eigenvalue weighted by atomic mass is 19.1. The molecular weight excluding hydrogens is 361 g/mol. The average Bonchev–Trinajstić information content (AvgIpc) is 2.91. The molecule has 0 radical (unpaired) electrons. The lowest BCUT2D eigenvalue weighted by atomic mass is 9.98. The zero-order valence-electron chi connectivity index (χ0n) is 15.7. The normalized spacial score (nSPS) is 20.2. The van der Waals surface area contributed by atoms with Crippen LogP contribution in [0.4, 0.5) is 4.39 Å². The van der Waals surface area contributed by atoms with Gasteiger partial charge in [0.1, 0.15) is 11.6 Å². The van der Waals surface area contributed by atoms with Crippen LogP contribution in [0, 0.1) is 5.82 Å². The Balaban J connectivity index is 1.47. The number of aromatic amines is 1. The van der Waals surface area contributed by atoms with Crippen molar-refractivity contribution in [3.05, 3.63) is 63.8 Å². The van der Waals surface area contributed by atoms with E-state index >= 15 is 0 Å². The zero-order valence-corrected chi connectivity index (χ0v) is 15.7. The third-order valence-corrected chi connectivity index (χ3v) is 5.57. The minimum Gasteiger partial charge on any atom is -0.508 e. The van der Waals surface area contributed by atoms with Crippen LogP contribution in [-0.4, -0.2) is 31.8 Å². The van der Waals surface area contributed by atoms with E-state index in [0.717, 1.165) is 22.7 Å². The number of benzene rings is 2. The van der Waals surface area contributed by atoms with Gasteiger partial charge in [0.05, 0.1) is 17.1 Å². The van der Waals surface area contributed by atoms with E-state index in [1.807, 2.05) is 25.1 Å². The Kier molecular flexibility index (Phi) is 4.95. The number of nitrogens with one attached hydrogen (secondary N) is 2. The van der Waals surface area contributed by atoms with Crippen molar-refractivity contribution in [2.75, 3.05) is 0 Å². The van der Waals surface area contributed by atoms with Crippen LogP contribution in [0.1, 0.15) is 37.0 Å². The van der Waals surface area contributed by atoms with Crippen molar-refractivity contribution < 1.29 is 14.6 Å². The molecule has 1 aliphatic rings. The Morgan fingerprint density at radius 3 is 2.96 bits per heavy atom. The molecule has 0 spiro atoms. The molecule has 2 heterocycles. The van der Waals surface area contributed by atoms with Crippen molar-refractivity contribution in [2.24, 2.45) is 0 Å². The van der Waals surface area contributed by atoms with E-state index in [0.29, 0.717) is 31.4 Å². The first kappa shape index (κ1) is 18.7. The van der Waals surface area contributed by atoms with Crippen LogP contribution in [0.25, 0.3) is 11.0 Å². The number of imidazole rings is 1. The second-order valence-electron chi connectivity index (χ2n) is 7.55. The molecule has 4 rings (SSSR count). The maximum absolute atomic E-state index is 13.9. The number of halogens is 1. The smallest absolute Gasteiger partial charge is 0.326 e. The number of para-hydroxylation sites is 1. The van der Waals surface area contributed by atoms with Crippen molar-refractivity contribution in [2.45, 2.75) is 50.9 Å². The molecule has 0 aliphatic carbocycles. The summed E-state index contributed by atoms with van der Waals surface area (Å²) >= 11 is 0. The first-order chi connectivity index (χ1) is 13.4. The van der Waals surface area contributed by atoms with E-state index in [1.165, 1.54) is 6.07 Å². The summed E-state index contributed by atoms with van der Waals surface area (Å²) in [4.78, 5) is 15.0. The van der Waals surface area contributed by atoms with Crippen molar-refractivity contribution in [3.63, 3.8) is 0 Å². The van der Waals surface area contributed by atoms with Gasteiger partial charge < -0.3 is 20.5 Å². The third kappa shape index (κ3) is 3.43. The number of hydrogen-bond donors (Lipinski definition) is 4. The van der Waals surface area contributed by atoms with Gasteiger partial charge in [0.2, 0.25) is 0 Å². The highest BCUT2D eigenvalue weighted by molar-refractivity contribution is 5.79. The van der Waals surface area contributed by atoms with E-state index < -0.39 is 11.9 Å². The Hall–Kier alpha value is -2.64. The van der Waals surface area contributed by atoms with Crippen LogP contribution in [0.5, 0.6) is 5.75 Å². The van der Waals surface area contributed by atoms with E-state index in [4.69, 9.17) is 0 Å². The maximum atomic E-state index is 13.9. The minimum atomic E-state index is -0.736. The lowest BCUT2D eigenvalue weighted by Crippen LogP contribution is -2.41. The van der Waals surface area contributed by atoms with E-state index in [1.54, 1.807) is 10.6 Å². The molecular formula is C21H24FN3O3. The van der Waals surface area contributed by atoms with Gasteiger partial charge in [-0.25, -0.2) is 9.18 Å². The maximum Gasteiger partial charge on any atom is 0.326 e. The molecule has 3 aromatic rings. The van der Waals surface area contributed by atoms with Crippen LogP contribution in [0.2, 0.25) is 0 Å². The molecule has 148 valence electrons. The van der Waals surface area contributed by atoms with E-state index in [9.17, 15) is 19.4 Å². The Bertz CT molecular complexity index is 1060. The zero-order chi connectivity index (χ0) is 19.8. The number of nitrogens with zero attached hydrogens (tertiary/aromatic N) is 1. The van der Waals surface area contributed by atoms with Crippen molar-refractivity contribution in [1.29, 1.82) is 0 Å². The topological polar surface area (TPSA) is 90.3 Å². The fourth-order valence-corrected chi connectivity index (χ4v) is 4.08. The molecule has 28 heavy (non-hydrogen) atoms. The first-order valence-electron chi connectivity index (χ1n) is 9.57. The lowest BCUT2D eigenvalue weighted by Gasteiger charge is -2.26. The summed E-state index contributed by atoms with van der Waals surface area (Å²) < 4.78 is 15.6. The third-order valence-electron chi connectivity index (χ3n) is 5.57. The summed E-state index contributed by atoms with van der Waals surface area (Å²) in [6.45, 7) is 2.52. The quantitative estimate of drug-likeness (QED) is 0.543. The predicted molar refractivity (Wildman–Crippen MR) is 105 cm³/mol. The fourth-order valence-electron chi connectivity index (χ4n) is 4.08. The first-order valence-corrected chi connectivity index (χ1v) is 9.57. The summed E-state index contributed by atoms with van der Waals surface area (Å²) in [6.07, 6.45) is 1.08. The van der Waals surface area contributed by atoms with Gasteiger partial charge in [0.15, 0.2) is 0 Å². The van der Waals surface area contributed by atoms with Gasteiger partial charge in [-0.3, -0.25) is 4.57 Å². The second-order valence-corrected chi connectivity index (χ2v) is 7.55. The lowest BCUT2D eigenvalue weighted by molar-refractivity contribution is 0.119. The van der Waals surface area contributed by atoms with Gasteiger partial charge in [0, 0.05) is 30.3 Å². The van der Waals surface area contributed by atoms with Gasteiger partial charge in [-0.2, -0.15) is 0 Å². The van der Waals surface area contributed by atoms with Crippen molar-refractivity contribution in [3.8, 4) is 5.75 Å². The van der Waals surface area contributed by atoms with Crippen LogP contribution < -0.4 is 11.0 Å². The number of aliphatic hydroxyl groups excluding tert-OH is 1. The molecule has 7 heteroatoms. The molecule has 3 atom stereocenters. The summed E-state index contributed by atoms with van der Waals surface area (Å²) in [7, 11) is 0. The number of hydrogen-bond acceptors (Lipinski definition) is 4. The number of phenolic OH excluding ortho intramolecular Hbond substituents is 1. The largest absolute Gasteiger partial charge is 0.508 e. The fraction of sp³-hybridized carbons (Fsp3) is 0.381. The van der Waals surface area contributed by atoms with Crippen molar-refractivity contribution >= 4 is 11.0 Å². The molecule has 0 bridgehead atoms. The molecule has 1 aromatic heterocycles. The van der Waals surface area contributed by atoms with Crippen LogP contribution in [0.3, 0.4) is 0 Å². The highest BCUT2D eigenvalue weighted by Crippen LogP contribution is 2.30. The highest BCUT2D eigenvalue weighted by Gasteiger charge is 2.29. The van der Waals surface area contributed by atoms with Gasteiger partial charge in [-0.1, -0.05) is 18.2 Å². The molecule has 4 N–H and O–H groups in total. The second kappa shape index (κ2) is 7.41. The summed E-state index contributed by atoms with van der Waals surface area (Å²) in [5, 5.41) is 23.7. The molecule has 6 nitrogen and oxygen atoms in total. The SMILES string of the molecule is CC(CCc1ccc(O)cc1F)NC1CCn2c(=O)[nH]c3cccc(c32)C1O. The number of aromatic hydroxyl groups is 1. The van der Waals surface area contributed by atoms with Crippen molar-refractivity contribution in [1.82, 2.24) is 14.9 Å². The molecule has 1 aliphatic heterocycles. The standard InChI is InChI=1S/C21H24FN3O3/c1-12(5-6-13-7-8-14(26)11-16(13)22)23-18-9-10-25-19-15(20(18)27)3-2-4-17(19)24-21(25)28/h2-4,7-8,11-12,18,20,23,26-27H,5-6,9-10H2,1H3,(H,24,28). The molecule has 0 amide bonds. The van der Waals surface area contributed by atoms with Gasteiger partial charge in [-0.05, 0) is 43.9 Å². The molecule has 2 aromatic carbocycles. The number of aromatic nitrogens is 2. The van der Waals surface area contributed by atoms with E-state index in [-0.39, 0.29) is 23.5 Å². The minimum absolute atomic E-state index is 0.0443. The Morgan fingerprint density at radius 1 is 1.36 bits per heavy atom. The van der Waals surface area contributed by atoms with E-state index in [2.05, 4.69) is 10.3 Å². The number of rotatable bonds is 5. The van der Waals surface area contributed by atoms with Gasteiger partial charge in [-0.15, -0.1) is 0 Å². The molecule has 0 fully saturated rings. The monoisotopic (exact) mass is 385 g/mol. The van der Waals surface area contributed by atoms with Crippen LogP contribution in [-0.2, 0) is 13.0 Å². The number of aryl methyl sites for hydroxylation is 2. The average molecular weight is 385 g/mol. The number of phenols is 1. The Labute approximate surface area is 161 Å². The predicted octanol–water partition coefficient (Wildman–Crippen LogP) is 2.59. The van der Waals surface area contributed by atoms with Crippen LogP contribution in [0.15, 0.2) is 41.2 Å². The summed E-state index contributed by atoms with van der Waals surface area (Å²) in [6, 6.07) is 9.57. The van der Waals surface area contributed by atoms with Crippen LogP contribution >= 0.6 is 0 Å². The molecule has 0 saturated carbocycles. The van der Waals surface area contributed by atoms with Gasteiger partial charge >= 0.3 is 5.69 Å². The molecule has 0 saturated heterocycles. The Morgan fingerprint density at radius 2 is 2.18 bits per heavy atom. The number of aliphatic hydroxyl groups is 1. The number of H-pyrrole nitrogens is 1. The van der Waals surface area contributed by atoms with Gasteiger partial charge in [0.25, 0.3) is 0 Å². The molecule has 3 unspecified atom stereocenters. The summed E-state index contributed by atoms with van der Waals surface area (Å²) in [5.41, 5.74) is 2.63.